The summed E-state index contributed by atoms with van der Waals surface area (Å²) in [5.41, 5.74) is 4.67. The zero-order valence-corrected chi connectivity index (χ0v) is 15.0. The molecular weight excluding hydrogens is 258 g/mol. The molecule has 0 radical (unpaired) electrons. The van der Waals surface area contributed by atoms with E-state index in [4.69, 9.17) is 0 Å². The SMILES string of the molecule is CCN(CC)C(CC)(CC)C(O)c1cc(C)c(C)cc1C. The molecule has 1 N–H and O–H groups in total. The van der Waals surface area contributed by atoms with Crippen molar-refractivity contribution in [1.82, 2.24) is 4.90 Å². The van der Waals surface area contributed by atoms with Crippen LogP contribution in [0.3, 0.4) is 0 Å². The van der Waals surface area contributed by atoms with E-state index in [-0.39, 0.29) is 5.54 Å². The number of benzene rings is 1. The molecule has 0 aliphatic heterocycles. The molecule has 0 saturated carbocycles. The highest BCUT2D eigenvalue weighted by Crippen LogP contribution is 2.39. The molecule has 0 heterocycles. The van der Waals surface area contributed by atoms with Gasteiger partial charge in [0.15, 0.2) is 0 Å². The van der Waals surface area contributed by atoms with Crippen LogP contribution in [0.2, 0.25) is 0 Å². The Labute approximate surface area is 131 Å². The quantitative estimate of drug-likeness (QED) is 0.797. The highest BCUT2D eigenvalue weighted by Gasteiger charge is 2.40. The molecular formula is C19H33NO. The van der Waals surface area contributed by atoms with Gasteiger partial charge in [-0.1, -0.05) is 39.8 Å². The van der Waals surface area contributed by atoms with Gasteiger partial charge in [-0.05, 0) is 69.0 Å². The number of likely N-dealkylation sites (N-methyl/N-ethyl adjacent to an activating group) is 1. The third-order valence-corrected chi connectivity index (χ3v) is 5.30. The van der Waals surface area contributed by atoms with Gasteiger partial charge < -0.3 is 5.11 Å². The van der Waals surface area contributed by atoms with Crippen molar-refractivity contribution in [2.24, 2.45) is 0 Å². The second-order valence-electron chi connectivity index (χ2n) is 6.18. The molecule has 2 heteroatoms. The van der Waals surface area contributed by atoms with Gasteiger partial charge in [0.2, 0.25) is 0 Å². The number of hydrogen-bond donors (Lipinski definition) is 1. The molecule has 0 spiro atoms. The van der Waals surface area contributed by atoms with Gasteiger partial charge in [-0.2, -0.15) is 0 Å². The van der Waals surface area contributed by atoms with Crippen molar-refractivity contribution in [3.8, 4) is 0 Å². The Kier molecular flexibility index (Phi) is 6.42. The first-order valence-electron chi connectivity index (χ1n) is 8.38. The number of rotatable bonds is 7. The zero-order chi connectivity index (χ0) is 16.2. The number of aliphatic hydroxyl groups is 1. The lowest BCUT2D eigenvalue weighted by molar-refractivity contribution is -0.0369. The third-order valence-electron chi connectivity index (χ3n) is 5.30. The van der Waals surface area contributed by atoms with Crippen LogP contribution in [0, 0.1) is 20.8 Å². The smallest absolute Gasteiger partial charge is 0.0976 e. The van der Waals surface area contributed by atoms with E-state index in [1.165, 1.54) is 16.7 Å². The highest BCUT2D eigenvalue weighted by atomic mass is 16.3. The Hall–Kier alpha value is -0.860. The lowest BCUT2D eigenvalue weighted by Crippen LogP contribution is -2.52. The van der Waals surface area contributed by atoms with Crippen molar-refractivity contribution in [3.05, 3.63) is 34.4 Å². The molecule has 0 saturated heterocycles. The standard InChI is InChI=1S/C19H33NO/c1-8-19(9-2,20(10-3)11-4)18(21)17-13-15(6)14(5)12-16(17)7/h12-13,18,21H,8-11H2,1-7H3. The summed E-state index contributed by atoms with van der Waals surface area (Å²) in [4.78, 5) is 2.42. The van der Waals surface area contributed by atoms with Crippen LogP contribution in [0.4, 0.5) is 0 Å². The van der Waals surface area contributed by atoms with Crippen molar-refractivity contribution in [2.75, 3.05) is 13.1 Å². The molecule has 1 atom stereocenters. The van der Waals surface area contributed by atoms with Gasteiger partial charge in [-0.3, -0.25) is 4.90 Å². The van der Waals surface area contributed by atoms with Gasteiger partial charge >= 0.3 is 0 Å². The van der Waals surface area contributed by atoms with E-state index in [1.54, 1.807) is 0 Å². The van der Waals surface area contributed by atoms with Gasteiger partial charge in [-0.25, -0.2) is 0 Å². The van der Waals surface area contributed by atoms with Crippen LogP contribution in [-0.4, -0.2) is 28.6 Å². The van der Waals surface area contributed by atoms with Gasteiger partial charge in [0.25, 0.3) is 0 Å². The molecule has 2 nitrogen and oxygen atoms in total. The normalized spacial score (nSPS) is 13.8. The van der Waals surface area contributed by atoms with Crippen LogP contribution in [-0.2, 0) is 0 Å². The molecule has 0 aromatic heterocycles. The highest BCUT2D eigenvalue weighted by molar-refractivity contribution is 5.39. The minimum atomic E-state index is -0.438. The molecule has 1 aromatic carbocycles. The van der Waals surface area contributed by atoms with Crippen LogP contribution in [0.15, 0.2) is 12.1 Å². The van der Waals surface area contributed by atoms with E-state index in [0.717, 1.165) is 31.5 Å². The van der Waals surface area contributed by atoms with E-state index in [0.29, 0.717) is 0 Å². The predicted octanol–water partition coefficient (Wildman–Crippen LogP) is 4.55. The Morgan fingerprint density at radius 1 is 0.905 bits per heavy atom. The average Bonchev–Trinajstić information content (AvgIpc) is 2.48. The van der Waals surface area contributed by atoms with Crippen molar-refractivity contribution in [1.29, 1.82) is 0 Å². The van der Waals surface area contributed by atoms with E-state index >= 15 is 0 Å². The fraction of sp³-hybridized carbons (Fsp3) is 0.684. The van der Waals surface area contributed by atoms with Crippen LogP contribution >= 0.6 is 0 Å². The molecule has 0 bridgehead atoms. The summed E-state index contributed by atoms with van der Waals surface area (Å²) in [6.45, 7) is 17.1. The molecule has 0 fully saturated rings. The van der Waals surface area contributed by atoms with Gasteiger partial charge in [0, 0.05) is 0 Å². The van der Waals surface area contributed by atoms with Crippen molar-refractivity contribution >= 4 is 0 Å². The Morgan fingerprint density at radius 3 is 1.81 bits per heavy atom. The molecule has 1 rings (SSSR count). The fourth-order valence-electron chi connectivity index (χ4n) is 3.68. The molecule has 1 aromatic rings. The van der Waals surface area contributed by atoms with Crippen molar-refractivity contribution in [3.63, 3.8) is 0 Å². The topological polar surface area (TPSA) is 23.5 Å². The summed E-state index contributed by atoms with van der Waals surface area (Å²) in [7, 11) is 0. The maximum Gasteiger partial charge on any atom is 0.0976 e. The second-order valence-corrected chi connectivity index (χ2v) is 6.18. The molecule has 0 aliphatic carbocycles. The molecule has 0 amide bonds. The van der Waals surface area contributed by atoms with Crippen molar-refractivity contribution < 1.29 is 5.11 Å². The zero-order valence-electron chi connectivity index (χ0n) is 15.0. The molecule has 21 heavy (non-hydrogen) atoms. The number of aryl methyl sites for hydroxylation is 3. The maximum absolute atomic E-state index is 11.2. The summed E-state index contributed by atoms with van der Waals surface area (Å²) in [6.07, 6.45) is 1.48. The number of aliphatic hydroxyl groups excluding tert-OH is 1. The first kappa shape index (κ1) is 18.2. The van der Waals surface area contributed by atoms with Crippen LogP contribution < -0.4 is 0 Å². The summed E-state index contributed by atoms with van der Waals surface area (Å²) < 4.78 is 0. The maximum atomic E-state index is 11.2. The largest absolute Gasteiger partial charge is 0.386 e. The molecule has 0 aliphatic rings. The minimum Gasteiger partial charge on any atom is -0.386 e. The second kappa shape index (κ2) is 7.42. The molecule has 1 unspecified atom stereocenters. The molecule has 120 valence electrons. The van der Waals surface area contributed by atoms with E-state index < -0.39 is 6.10 Å². The van der Waals surface area contributed by atoms with Gasteiger partial charge in [0.1, 0.15) is 0 Å². The number of hydrogen-bond acceptors (Lipinski definition) is 2. The first-order chi connectivity index (χ1) is 9.87. The van der Waals surface area contributed by atoms with Crippen LogP contribution in [0.25, 0.3) is 0 Å². The third kappa shape index (κ3) is 3.32. The van der Waals surface area contributed by atoms with E-state index in [2.05, 4.69) is 65.5 Å². The average molecular weight is 291 g/mol. The Bertz CT molecular complexity index is 459. The van der Waals surface area contributed by atoms with Gasteiger partial charge in [0.05, 0.1) is 11.6 Å². The van der Waals surface area contributed by atoms with Crippen LogP contribution in [0.1, 0.15) is 68.9 Å². The van der Waals surface area contributed by atoms with Crippen molar-refractivity contribution in [2.45, 2.75) is 73.0 Å². The minimum absolute atomic E-state index is 0.171. The first-order valence-corrected chi connectivity index (χ1v) is 8.38. The Balaban J connectivity index is 3.35. The summed E-state index contributed by atoms with van der Waals surface area (Å²) in [5, 5.41) is 11.2. The van der Waals surface area contributed by atoms with E-state index in [9.17, 15) is 5.11 Å². The number of nitrogens with zero attached hydrogens (tertiary/aromatic N) is 1. The fourth-order valence-corrected chi connectivity index (χ4v) is 3.68. The lowest BCUT2D eigenvalue weighted by Gasteiger charge is -2.46. The summed E-state index contributed by atoms with van der Waals surface area (Å²) in [5.74, 6) is 0. The summed E-state index contributed by atoms with van der Waals surface area (Å²) >= 11 is 0. The summed E-state index contributed by atoms with van der Waals surface area (Å²) in [6, 6.07) is 4.38. The van der Waals surface area contributed by atoms with Crippen LogP contribution in [0.5, 0.6) is 0 Å². The Morgan fingerprint density at radius 2 is 1.38 bits per heavy atom. The monoisotopic (exact) mass is 291 g/mol. The van der Waals surface area contributed by atoms with E-state index in [1.807, 2.05) is 0 Å². The predicted molar refractivity (Wildman–Crippen MR) is 91.8 cm³/mol. The van der Waals surface area contributed by atoms with Gasteiger partial charge in [-0.15, -0.1) is 0 Å². The lowest BCUT2D eigenvalue weighted by atomic mass is 9.79.